The molecule has 8 nitrogen and oxygen atoms in total. The van der Waals surface area contributed by atoms with Gasteiger partial charge in [-0.05, 0) is 67.8 Å². The molecule has 5 rings (SSSR count). The number of fused-ring (bicyclic) bond motifs is 1. The maximum atomic E-state index is 14.0. The molecule has 0 bridgehead atoms. The number of hydrogen-bond acceptors (Lipinski definition) is 6. The first-order valence-corrected chi connectivity index (χ1v) is 15.8. The van der Waals surface area contributed by atoms with E-state index in [2.05, 4.69) is 16.0 Å². The molecule has 0 fully saturated rings. The van der Waals surface area contributed by atoms with E-state index in [1.165, 1.54) is 0 Å². The van der Waals surface area contributed by atoms with Crippen LogP contribution in [0, 0.1) is 0 Å². The first kappa shape index (κ1) is 31.1. The zero-order valence-corrected chi connectivity index (χ0v) is 26.1. The van der Waals surface area contributed by atoms with Crippen molar-refractivity contribution in [2.45, 2.75) is 56.8 Å². The third-order valence-electron chi connectivity index (χ3n) is 7.50. The molecule has 0 spiro atoms. The first-order chi connectivity index (χ1) is 21.2. The number of nitrogens with one attached hydrogen (secondary N) is 3. The van der Waals surface area contributed by atoms with Crippen molar-refractivity contribution in [3.63, 3.8) is 0 Å². The highest BCUT2D eigenvalue weighted by molar-refractivity contribution is 7.99. The molecule has 0 saturated carbocycles. The van der Waals surface area contributed by atoms with Crippen LogP contribution in [0.15, 0.2) is 101 Å². The van der Waals surface area contributed by atoms with Gasteiger partial charge in [0.25, 0.3) is 11.8 Å². The summed E-state index contributed by atoms with van der Waals surface area (Å²) in [5.41, 5.74) is 3.65. The lowest BCUT2D eigenvalue weighted by Crippen LogP contribution is -2.51. The van der Waals surface area contributed by atoms with Gasteiger partial charge < -0.3 is 25.3 Å². The number of para-hydroxylation sites is 1. The van der Waals surface area contributed by atoms with Crippen LogP contribution < -0.4 is 20.9 Å². The molecule has 0 radical (unpaired) electrons. The van der Waals surface area contributed by atoms with Gasteiger partial charge in [0.15, 0.2) is 0 Å². The lowest BCUT2D eigenvalue weighted by Gasteiger charge is -2.28. The minimum atomic E-state index is -0.677. The summed E-state index contributed by atoms with van der Waals surface area (Å²) in [6.07, 6.45) is 1.83. The van der Waals surface area contributed by atoms with E-state index in [1.807, 2.05) is 106 Å². The Hall–Kier alpha value is -4.34. The molecule has 1 aliphatic rings. The number of anilines is 1. The number of rotatable bonds is 11. The van der Waals surface area contributed by atoms with Gasteiger partial charge in [-0.1, -0.05) is 54.6 Å². The zero-order chi connectivity index (χ0) is 31.1. The van der Waals surface area contributed by atoms with E-state index in [9.17, 15) is 14.4 Å². The predicted octanol–water partition coefficient (Wildman–Crippen LogP) is 5.78. The highest BCUT2D eigenvalue weighted by Crippen LogP contribution is 2.35. The number of benzene rings is 3. The van der Waals surface area contributed by atoms with Gasteiger partial charge in [0.2, 0.25) is 5.91 Å². The summed E-state index contributed by atoms with van der Waals surface area (Å²) in [5, 5.41) is 9.25. The molecule has 44 heavy (non-hydrogen) atoms. The highest BCUT2D eigenvalue weighted by Gasteiger charge is 2.33. The lowest BCUT2D eigenvalue weighted by molar-refractivity contribution is -0.127. The Morgan fingerprint density at radius 1 is 0.977 bits per heavy atom. The molecule has 1 aliphatic heterocycles. The summed E-state index contributed by atoms with van der Waals surface area (Å²) in [7, 11) is 0. The zero-order valence-electron chi connectivity index (χ0n) is 25.3. The lowest BCUT2D eigenvalue weighted by atomic mass is 9.98. The fourth-order valence-corrected chi connectivity index (χ4v) is 6.30. The van der Waals surface area contributed by atoms with Gasteiger partial charge in [0.05, 0.1) is 25.0 Å². The largest absolute Gasteiger partial charge is 0.468 e. The van der Waals surface area contributed by atoms with Crippen molar-refractivity contribution in [2.24, 2.45) is 0 Å². The van der Waals surface area contributed by atoms with E-state index in [-0.39, 0.29) is 24.1 Å². The molecular formula is C35H38N4O4S. The van der Waals surface area contributed by atoms with Crippen LogP contribution in [0.4, 0.5) is 5.69 Å². The molecule has 1 unspecified atom stereocenters. The second-order valence-electron chi connectivity index (χ2n) is 11.4. The average molecular weight is 611 g/mol. The number of thioether (sulfide) groups is 1. The van der Waals surface area contributed by atoms with E-state index in [4.69, 9.17) is 4.42 Å². The third-order valence-corrected chi connectivity index (χ3v) is 8.66. The highest BCUT2D eigenvalue weighted by atomic mass is 32.2. The van der Waals surface area contributed by atoms with Gasteiger partial charge in [0, 0.05) is 34.7 Å². The van der Waals surface area contributed by atoms with Crippen molar-refractivity contribution in [1.29, 1.82) is 0 Å². The number of carbonyl (C=O) groups is 3. The fraction of sp³-hybridized carbons (Fsp3) is 0.286. The van der Waals surface area contributed by atoms with Crippen molar-refractivity contribution >= 4 is 35.2 Å². The maximum Gasteiger partial charge on any atom is 0.251 e. The molecule has 0 aliphatic carbocycles. The standard InChI is InChI=1S/C35H38N4O4S/c1-4-36-33(41)28-12-6-5-11-27(28)25-17-15-24(16-18-25)22-39-30-13-7-8-14-31(30)44-23-29(34(39)42)38-32(40)20-35(2,3)37-21-26-10-9-19-43-26/h5-19,29,37H,4,20-23H2,1-3H3,(H,36,41)(H,38,40). The molecule has 0 saturated heterocycles. The van der Waals surface area contributed by atoms with Crippen LogP contribution in [-0.2, 0) is 22.7 Å². The summed E-state index contributed by atoms with van der Waals surface area (Å²) in [4.78, 5) is 42.6. The van der Waals surface area contributed by atoms with Crippen LogP contribution in [-0.4, -0.2) is 41.6 Å². The Balaban J connectivity index is 1.31. The second-order valence-corrected chi connectivity index (χ2v) is 12.5. The first-order valence-electron chi connectivity index (χ1n) is 14.8. The van der Waals surface area contributed by atoms with Gasteiger partial charge in [-0.3, -0.25) is 14.4 Å². The molecule has 3 amide bonds. The Bertz CT molecular complexity index is 1600. The SMILES string of the molecule is CCNC(=O)c1ccccc1-c1ccc(CN2C(=O)C(NC(=O)CC(C)(C)NCc3ccco3)CSc3ccccc32)cc1. The smallest absolute Gasteiger partial charge is 0.251 e. The van der Waals surface area contributed by atoms with Crippen molar-refractivity contribution in [3.05, 3.63) is 108 Å². The van der Waals surface area contributed by atoms with E-state index in [0.29, 0.717) is 31.0 Å². The quantitative estimate of drug-likeness (QED) is 0.199. The van der Waals surface area contributed by atoms with Gasteiger partial charge >= 0.3 is 0 Å². The molecule has 4 aromatic rings. The summed E-state index contributed by atoms with van der Waals surface area (Å²) in [5.74, 6) is 0.779. The molecule has 228 valence electrons. The van der Waals surface area contributed by atoms with Crippen LogP contribution in [0.3, 0.4) is 0 Å². The number of amides is 3. The van der Waals surface area contributed by atoms with Crippen molar-refractivity contribution in [3.8, 4) is 11.1 Å². The Morgan fingerprint density at radius 3 is 2.48 bits per heavy atom. The average Bonchev–Trinajstić information content (AvgIpc) is 3.51. The maximum absolute atomic E-state index is 14.0. The molecule has 9 heteroatoms. The Morgan fingerprint density at radius 2 is 1.73 bits per heavy atom. The van der Waals surface area contributed by atoms with Crippen LogP contribution in [0.25, 0.3) is 11.1 Å². The topological polar surface area (TPSA) is 104 Å². The Labute approximate surface area is 262 Å². The third kappa shape index (κ3) is 7.59. The molecule has 2 heterocycles. The molecular weight excluding hydrogens is 572 g/mol. The molecule has 3 N–H and O–H groups in total. The van der Waals surface area contributed by atoms with E-state index < -0.39 is 11.6 Å². The number of hydrogen-bond donors (Lipinski definition) is 3. The minimum absolute atomic E-state index is 0.110. The van der Waals surface area contributed by atoms with Gasteiger partial charge in [-0.25, -0.2) is 0 Å². The van der Waals surface area contributed by atoms with Crippen LogP contribution in [0.5, 0.6) is 0 Å². The second kappa shape index (κ2) is 14.0. The van der Waals surface area contributed by atoms with Crippen molar-refractivity contribution in [1.82, 2.24) is 16.0 Å². The monoisotopic (exact) mass is 610 g/mol. The van der Waals surface area contributed by atoms with Gasteiger partial charge in [0.1, 0.15) is 11.8 Å². The number of furan rings is 1. The van der Waals surface area contributed by atoms with Crippen LogP contribution in [0.1, 0.15) is 48.9 Å². The number of nitrogens with zero attached hydrogens (tertiary/aromatic N) is 1. The molecule has 1 aromatic heterocycles. The Kier molecular flexibility index (Phi) is 9.87. The summed E-state index contributed by atoms with van der Waals surface area (Å²) in [6.45, 7) is 7.22. The molecule has 3 aromatic carbocycles. The number of carbonyl (C=O) groups excluding carboxylic acids is 3. The predicted molar refractivity (Wildman–Crippen MR) is 174 cm³/mol. The van der Waals surface area contributed by atoms with Gasteiger partial charge in [-0.2, -0.15) is 0 Å². The van der Waals surface area contributed by atoms with Crippen LogP contribution >= 0.6 is 11.8 Å². The van der Waals surface area contributed by atoms with Crippen molar-refractivity contribution in [2.75, 3.05) is 17.2 Å². The fourth-order valence-electron chi connectivity index (χ4n) is 5.23. The van der Waals surface area contributed by atoms with Gasteiger partial charge in [-0.15, -0.1) is 11.8 Å². The molecule has 1 atom stereocenters. The summed E-state index contributed by atoms with van der Waals surface area (Å²) >= 11 is 1.57. The summed E-state index contributed by atoms with van der Waals surface area (Å²) < 4.78 is 5.40. The van der Waals surface area contributed by atoms with E-state index in [0.717, 1.165) is 33.0 Å². The summed E-state index contributed by atoms with van der Waals surface area (Å²) in [6, 6.07) is 26.3. The van der Waals surface area contributed by atoms with E-state index >= 15 is 0 Å². The normalized spacial score (nSPS) is 14.9. The van der Waals surface area contributed by atoms with Crippen molar-refractivity contribution < 1.29 is 18.8 Å². The minimum Gasteiger partial charge on any atom is -0.468 e. The van der Waals surface area contributed by atoms with E-state index in [1.54, 1.807) is 22.9 Å². The van der Waals surface area contributed by atoms with Crippen LogP contribution in [0.2, 0.25) is 0 Å².